The van der Waals surface area contributed by atoms with Gasteiger partial charge in [-0.1, -0.05) is 59.1 Å². The zero-order valence-electron chi connectivity index (χ0n) is 17.5. The number of halogens is 2. The van der Waals surface area contributed by atoms with Crippen molar-refractivity contribution in [1.82, 2.24) is 4.31 Å². The number of thioether (sulfide) groups is 1. The van der Waals surface area contributed by atoms with Crippen molar-refractivity contribution < 1.29 is 13.2 Å². The van der Waals surface area contributed by atoms with Gasteiger partial charge in [0.1, 0.15) is 0 Å². The fourth-order valence-electron chi connectivity index (χ4n) is 3.04. The summed E-state index contributed by atoms with van der Waals surface area (Å²) in [5.41, 5.74) is 1.98. The fourth-order valence-corrected chi connectivity index (χ4v) is 5.48. The third-order valence-corrected chi connectivity index (χ3v) is 8.07. The third kappa shape index (κ3) is 5.85. The Balaban J connectivity index is 1.94. The van der Waals surface area contributed by atoms with Crippen molar-refractivity contribution in [2.45, 2.75) is 23.3 Å². The third-order valence-electron chi connectivity index (χ3n) is 4.76. The van der Waals surface area contributed by atoms with Crippen LogP contribution in [0.2, 0.25) is 10.0 Å². The second-order valence-electron chi connectivity index (χ2n) is 7.03. The van der Waals surface area contributed by atoms with E-state index in [0.717, 1.165) is 14.8 Å². The summed E-state index contributed by atoms with van der Waals surface area (Å²) in [5, 5.41) is 3.46. The lowest BCUT2D eigenvalue weighted by Crippen LogP contribution is -2.37. The number of benzene rings is 3. The monoisotopic (exact) mass is 508 g/mol. The second kappa shape index (κ2) is 10.7. The zero-order chi connectivity index (χ0) is 23.3. The van der Waals surface area contributed by atoms with Gasteiger partial charge in [-0.05, 0) is 49.6 Å². The van der Waals surface area contributed by atoms with Crippen LogP contribution in [0.25, 0.3) is 0 Å². The summed E-state index contributed by atoms with van der Waals surface area (Å²) < 4.78 is 28.0. The molecule has 3 rings (SSSR count). The number of carbonyl (C=O) groups is 1. The van der Waals surface area contributed by atoms with Gasteiger partial charge in [0.2, 0.25) is 15.9 Å². The summed E-state index contributed by atoms with van der Waals surface area (Å²) in [6.45, 7) is 1.32. The molecule has 0 saturated heterocycles. The number of nitrogens with one attached hydrogen (secondary N) is 1. The Kier molecular flexibility index (Phi) is 8.25. The molecule has 0 heterocycles. The second-order valence-corrected chi connectivity index (χ2v) is 10.6. The van der Waals surface area contributed by atoms with Crippen LogP contribution in [0.4, 0.5) is 5.69 Å². The van der Waals surface area contributed by atoms with Crippen LogP contribution in [0, 0.1) is 6.92 Å². The molecular weight excluding hydrogens is 487 g/mol. The Bertz CT molecular complexity index is 1200. The van der Waals surface area contributed by atoms with Crippen molar-refractivity contribution in [3.8, 4) is 0 Å². The normalized spacial score (nSPS) is 11.5. The molecule has 9 heteroatoms. The minimum absolute atomic E-state index is 0.0867. The van der Waals surface area contributed by atoms with E-state index >= 15 is 0 Å². The van der Waals surface area contributed by atoms with Gasteiger partial charge in [0.25, 0.3) is 0 Å². The number of nitrogens with zero attached hydrogens (tertiary/aromatic N) is 1. The highest BCUT2D eigenvalue weighted by Gasteiger charge is 2.28. The molecule has 32 heavy (non-hydrogen) atoms. The quantitative estimate of drug-likeness (QED) is 0.387. The molecule has 0 aliphatic rings. The zero-order valence-corrected chi connectivity index (χ0v) is 20.7. The molecule has 0 fully saturated rings. The number of anilines is 1. The average Bonchev–Trinajstić information content (AvgIpc) is 2.76. The summed E-state index contributed by atoms with van der Waals surface area (Å²) in [6, 6.07) is 18.7. The number of carbonyl (C=O) groups excluding carboxylic acids is 1. The first kappa shape index (κ1) is 24.6. The molecule has 0 spiro atoms. The molecule has 0 saturated carbocycles. The molecular formula is C23H22Cl2N2O3S2. The predicted octanol–water partition coefficient (Wildman–Crippen LogP) is 5.85. The number of amides is 1. The topological polar surface area (TPSA) is 66.5 Å². The van der Waals surface area contributed by atoms with Crippen molar-refractivity contribution in [1.29, 1.82) is 0 Å². The summed E-state index contributed by atoms with van der Waals surface area (Å²) in [4.78, 5) is 13.9. The largest absolute Gasteiger partial charge is 0.324 e. The fraction of sp³-hybridized carbons (Fsp3) is 0.174. The van der Waals surface area contributed by atoms with Crippen LogP contribution in [-0.2, 0) is 21.4 Å². The summed E-state index contributed by atoms with van der Waals surface area (Å²) in [6.07, 6.45) is 1.90. The van der Waals surface area contributed by atoms with Crippen LogP contribution < -0.4 is 5.32 Å². The van der Waals surface area contributed by atoms with E-state index in [-0.39, 0.29) is 11.4 Å². The Morgan fingerprint density at radius 3 is 2.22 bits per heavy atom. The van der Waals surface area contributed by atoms with Crippen LogP contribution in [-0.4, -0.2) is 31.4 Å². The van der Waals surface area contributed by atoms with Gasteiger partial charge in [-0.2, -0.15) is 4.31 Å². The van der Waals surface area contributed by atoms with Gasteiger partial charge in [0.15, 0.2) is 0 Å². The van der Waals surface area contributed by atoms with E-state index in [4.69, 9.17) is 23.2 Å². The number of aryl methyl sites for hydroxylation is 1. The van der Waals surface area contributed by atoms with Gasteiger partial charge >= 0.3 is 0 Å². The number of rotatable bonds is 8. The maximum atomic E-state index is 13.4. The van der Waals surface area contributed by atoms with Crippen LogP contribution >= 0.6 is 35.0 Å². The number of hydrogen-bond donors (Lipinski definition) is 1. The number of para-hydroxylation sites is 1. The average molecular weight is 509 g/mol. The molecule has 0 aromatic heterocycles. The molecule has 0 bridgehead atoms. The molecule has 3 aromatic rings. The van der Waals surface area contributed by atoms with E-state index in [1.807, 2.05) is 25.3 Å². The van der Waals surface area contributed by atoms with Crippen molar-refractivity contribution in [2.75, 3.05) is 18.1 Å². The molecule has 168 valence electrons. The minimum atomic E-state index is -4.00. The molecule has 0 atom stereocenters. The molecule has 1 N–H and O–H groups in total. The van der Waals surface area contributed by atoms with Gasteiger partial charge in [0, 0.05) is 27.0 Å². The highest BCUT2D eigenvalue weighted by molar-refractivity contribution is 7.98. The Hall–Kier alpha value is -2.03. The van der Waals surface area contributed by atoms with Crippen LogP contribution in [0.1, 0.15) is 11.1 Å². The van der Waals surface area contributed by atoms with E-state index in [0.29, 0.717) is 21.3 Å². The Morgan fingerprint density at radius 1 is 0.969 bits per heavy atom. The Morgan fingerprint density at radius 2 is 1.59 bits per heavy atom. The molecule has 0 radical (unpaired) electrons. The maximum absolute atomic E-state index is 13.4. The molecule has 3 aromatic carbocycles. The molecule has 0 aliphatic heterocycles. The van der Waals surface area contributed by atoms with Crippen LogP contribution in [0.3, 0.4) is 0 Å². The van der Waals surface area contributed by atoms with Gasteiger partial charge < -0.3 is 5.32 Å². The van der Waals surface area contributed by atoms with E-state index in [2.05, 4.69) is 5.32 Å². The SMILES string of the molecule is CSc1ccccc1NC(=O)CN(Cc1c(Cl)cccc1Cl)S(=O)(=O)c1ccc(C)cc1. The number of hydrogen-bond acceptors (Lipinski definition) is 4. The highest BCUT2D eigenvalue weighted by Crippen LogP contribution is 2.29. The summed E-state index contributed by atoms with van der Waals surface area (Å²) in [7, 11) is -4.00. The maximum Gasteiger partial charge on any atom is 0.243 e. The summed E-state index contributed by atoms with van der Waals surface area (Å²) >= 11 is 14.1. The van der Waals surface area contributed by atoms with Crippen molar-refractivity contribution in [2.24, 2.45) is 0 Å². The van der Waals surface area contributed by atoms with Crippen molar-refractivity contribution in [3.63, 3.8) is 0 Å². The first-order valence-electron chi connectivity index (χ1n) is 9.65. The van der Waals surface area contributed by atoms with Crippen LogP contribution in [0.15, 0.2) is 76.5 Å². The van der Waals surface area contributed by atoms with Gasteiger partial charge in [-0.3, -0.25) is 4.79 Å². The van der Waals surface area contributed by atoms with E-state index in [1.165, 1.54) is 23.9 Å². The van der Waals surface area contributed by atoms with E-state index in [1.54, 1.807) is 42.5 Å². The van der Waals surface area contributed by atoms with Gasteiger partial charge in [0.05, 0.1) is 17.1 Å². The standard InChI is InChI=1S/C23H22Cl2N2O3S2/c1-16-10-12-17(13-11-16)32(29,30)27(14-18-19(24)6-5-7-20(18)25)15-23(28)26-21-8-3-4-9-22(21)31-2/h3-13H,14-15H2,1-2H3,(H,26,28). The van der Waals surface area contributed by atoms with Gasteiger partial charge in [-0.25, -0.2) is 8.42 Å². The highest BCUT2D eigenvalue weighted by atomic mass is 35.5. The smallest absolute Gasteiger partial charge is 0.243 e. The van der Waals surface area contributed by atoms with Gasteiger partial charge in [-0.15, -0.1) is 11.8 Å². The molecule has 0 unspecified atom stereocenters. The number of sulfonamides is 1. The first-order valence-corrected chi connectivity index (χ1v) is 13.1. The minimum Gasteiger partial charge on any atom is -0.324 e. The van der Waals surface area contributed by atoms with Crippen molar-refractivity contribution in [3.05, 3.63) is 87.9 Å². The molecule has 1 amide bonds. The lowest BCUT2D eigenvalue weighted by molar-refractivity contribution is -0.116. The molecule has 5 nitrogen and oxygen atoms in total. The van der Waals surface area contributed by atoms with E-state index < -0.39 is 22.5 Å². The lowest BCUT2D eigenvalue weighted by atomic mass is 10.2. The van der Waals surface area contributed by atoms with Crippen molar-refractivity contribution >= 4 is 56.6 Å². The Labute approximate surface area is 202 Å². The van der Waals surface area contributed by atoms with E-state index in [9.17, 15) is 13.2 Å². The van der Waals surface area contributed by atoms with Crippen LogP contribution in [0.5, 0.6) is 0 Å². The molecule has 0 aliphatic carbocycles. The lowest BCUT2D eigenvalue weighted by Gasteiger charge is -2.23. The predicted molar refractivity (Wildman–Crippen MR) is 132 cm³/mol. The summed E-state index contributed by atoms with van der Waals surface area (Å²) in [5.74, 6) is -0.467. The first-order chi connectivity index (χ1) is 15.2.